The van der Waals surface area contributed by atoms with Crippen molar-refractivity contribution in [2.45, 2.75) is 19.1 Å². The Bertz CT molecular complexity index is 490. The molecule has 5 nitrogen and oxygen atoms in total. The third-order valence-corrected chi connectivity index (χ3v) is 3.13. The predicted octanol–water partition coefficient (Wildman–Crippen LogP) is 1.46. The highest BCUT2D eigenvalue weighted by Gasteiger charge is 2.29. The maximum Gasteiger partial charge on any atom is 0.422 e. The average molecular weight is 303 g/mol. The molecule has 1 fully saturated rings. The molecule has 0 aromatic carbocycles. The van der Waals surface area contributed by atoms with Crippen LogP contribution in [-0.2, 0) is 0 Å². The zero-order valence-electron chi connectivity index (χ0n) is 11.5. The molecule has 0 spiro atoms. The minimum atomic E-state index is -4.41. The predicted molar refractivity (Wildman–Crippen MR) is 69.2 cm³/mol. The fourth-order valence-corrected chi connectivity index (χ4v) is 2.06. The normalized spacial score (nSPS) is 19.4. The van der Waals surface area contributed by atoms with Gasteiger partial charge in [0.2, 0.25) is 5.88 Å². The third-order valence-electron chi connectivity index (χ3n) is 3.13. The van der Waals surface area contributed by atoms with Crippen molar-refractivity contribution in [1.82, 2.24) is 15.2 Å². The van der Waals surface area contributed by atoms with Gasteiger partial charge in [0.25, 0.3) is 5.91 Å². The molecule has 1 N–H and O–H groups in total. The van der Waals surface area contributed by atoms with Crippen LogP contribution in [0.25, 0.3) is 0 Å². The van der Waals surface area contributed by atoms with Gasteiger partial charge < -0.3 is 15.0 Å². The van der Waals surface area contributed by atoms with Crippen molar-refractivity contribution < 1.29 is 22.7 Å². The van der Waals surface area contributed by atoms with Crippen molar-refractivity contribution in [2.75, 3.05) is 26.2 Å². The molecule has 2 rings (SSSR count). The van der Waals surface area contributed by atoms with Gasteiger partial charge in [-0.25, -0.2) is 4.98 Å². The van der Waals surface area contributed by atoms with Crippen molar-refractivity contribution in [2.24, 2.45) is 0 Å². The maximum atomic E-state index is 12.3. The number of rotatable bonds is 3. The second-order valence-corrected chi connectivity index (χ2v) is 4.84. The summed E-state index contributed by atoms with van der Waals surface area (Å²) in [5.41, 5.74) is 0.336. The number of hydrogen-bond donors (Lipinski definition) is 1. The number of nitrogens with zero attached hydrogens (tertiary/aromatic N) is 2. The van der Waals surface area contributed by atoms with E-state index in [1.807, 2.05) is 6.92 Å². The van der Waals surface area contributed by atoms with Crippen LogP contribution in [0.2, 0.25) is 0 Å². The Hall–Kier alpha value is -1.83. The molecular weight excluding hydrogens is 287 g/mol. The summed E-state index contributed by atoms with van der Waals surface area (Å²) in [6.07, 6.45) is -3.17. The molecule has 1 aliphatic rings. The SMILES string of the molecule is C[C@H]1CNCCN1C(=O)c1ccc(OCC(F)(F)F)nc1. The lowest BCUT2D eigenvalue weighted by Crippen LogP contribution is -2.52. The highest BCUT2D eigenvalue weighted by atomic mass is 19.4. The first-order valence-corrected chi connectivity index (χ1v) is 6.54. The summed E-state index contributed by atoms with van der Waals surface area (Å²) in [7, 11) is 0. The van der Waals surface area contributed by atoms with Crippen LogP contribution in [0.15, 0.2) is 18.3 Å². The van der Waals surface area contributed by atoms with Gasteiger partial charge in [-0.2, -0.15) is 13.2 Å². The number of pyridine rings is 1. The van der Waals surface area contributed by atoms with Crippen molar-refractivity contribution in [3.05, 3.63) is 23.9 Å². The number of nitrogens with one attached hydrogen (secondary N) is 1. The molecule has 1 aromatic heterocycles. The van der Waals surface area contributed by atoms with Gasteiger partial charge in [0.15, 0.2) is 6.61 Å². The highest BCUT2D eigenvalue weighted by molar-refractivity contribution is 5.94. The first-order chi connectivity index (χ1) is 9.87. The molecule has 0 bridgehead atoms. The van der Waals surface area contributed by atoms with Crippen molar-refractivity contribution in [3.8, 4) is 5.88 Å². The standard InChI is InChI=1S/C13H16F3N3O2/c1-9-6-17-4-5-19(9)12(20)10-2-3-11(18-7-10)21-8-13(14,15)16/h2-3,7,9,17H,4-6,8H2,1H3/t9-/m0/s1. The van der Waals surface area contributed by atoms with E-state index in [-0.39, 0.29) is 17.8 Å². The average Bonchev–Trinajstić information content (AvgIpc) is 2.45. The van der Waals surface area contributed by atoms with E-state index >= 15 is 0 Å². The summed E-state index contributed by atoms with van der Waals surface area (Å²) in [6, 6.07) is 2.76. The van der Waals surface area contributed by atoms with E-state index in [2.05, 4.69) is 15.0 Å². The second-order valence-electron chi connectivity index (χ2n) is 4.84. The Kier molecular flexibility index (Phi) is 4.66. The van der Waals surface area contributed by atoms with Gasteiger partial charge >= 0.3 is 6.18 Å². The van der Waals surface area contributed by atoms with E-state index in [0.29, 0.717) is 18.7 Å². The largest absolute Gasteiger partial charge is 0.468 e. The number of ether oxygens (including phenoxy) is 1. The quantitative estimate of drug-likeness (QED) is 0.918. The van der Waals surface area contributed by atoms with Gasteiger partial charge in [-0.1, -0.05) is 0 Å². The molecule has 0 saturated carbocycles. The number of carbonyl (C=O) groups is 1. The molecule has 1 aromatic rings. The third kappa shape index (κ3) is 4.32. The van der Waals surface area contributed by atoms with Gasteiger partial charge in [-0.05, 0) is 13.0 Å². The number of aromatic nitrogens is 1. The summed E-state index contributed by atoms with van der Waals surface area (Å²) in [6.45, 7) is 2.55. The molecule has 21 heavy (non-hydrogen) atoms. The summed E-state index contributed by atoms with van der Waals surface area (Å²) >= 11 is 0. The fourth-order valence-electron chi connectivity index (χ4n) is 2.06. The molecule has 0 radical (unpaired) electrons. The molecule has 0 aliphatic carbocycles. The fraction of sp³-hybridized carbons (Fsp3) is 0.538. The van der Waals surface area contributed by atoms with Crippen LogP contribution >= 0.6 is 0 Å². The van der Waals surface area contributed by atoms with E-state index < -0.39 is 12.8 Å². The topological polar surface area (TPSA) is 54.5 Å². The minimum absolute atomic E-state index is 0.0624. The minimum Gasteiger partial charge on any atom is -0.468 e. The van der Waals surface area contributed by atoms with E-state index in [1.165, 1.54) is 18.3 Å². The number of carbonyl (C=O) groups excluding carboxylic acids is 1. The van der Waals surface area contributed by atoms with Gasteiger partial charge in [0.1, 0.15) is 0 Å². The Labute approximate surface area is 120 Å². The van der Waals surface area contributed by atoms with Crippen LogP contribution in [-0.4, -0.2) is 54.3 Å². The van der Waals surface area contributed by atoms with Crippen LogP contribution in [0, 0.1) is 0 Å². The second kappa shape index (κ2) is 6.30. The molecule has 1 saturated heterocycles. The zero-order chi connectivity index (χ0) is 15.5. The van der Waals surface area contributed by atoms with E-state index in [9.17, 15) is 18.0 Å². The van der Waals surface area contributed by atoms with Crippen molar-refractivity contribution >= 4 is 5.91 Å². The molecule has 1 amide bonds. The number of amides is 1. The van der Waals surface area contributed by atoms with Crippen LogP contribution in [0.5, 0.6) is 5.88 Å². The molecule has 0 unspecified atom stereocenters. The molecule has 8 heteroatoms. The Morgan fingerprint density at radius 2 is 2.29 bits per heavy atom. The van der Waals surface area contributed by atoms with Gasteiger partial charge in [-0.3, -0.25) is 4.79 Å². The summed E-state index contributed by atoms with van der Waals surface area (Å²) in [5, 5.41) is 3.17. The van der Waals surface area contributed by atoms with E-state index in [1.54, 1.807) is 4.90 Å². The van der Waals surface area contributed by atoms with Crippen LogP contribution in [0.1, 0.15) is 17.3 Å². The zero-order valence-corrected chi connectivity index (χ0v) is 11.5. The first kappa shape index (κ1) is 15.6. The Balaban J connectivity index is 1.99. The lowest BCUT2D eigenvalue weighted by Gasteiger charge is -2.33. The maximum absolute atomic E-state index is 12.3. The van der Waals surface area contributed by atoms with Crippen molar-refractivity contribution in [1.29, 1.82) is 0 Å². The van der Waals surface area contributed by atoms with E-state index in [0.717, 1.165) is 6.54 Å². The molecule has 116 valence electrons. The molecule has 2 heterocycles. The lowest BCUT2D eigenvalue weighted by atomic mass is 10.1. The molecule has 1 atom stereocenters. The van der Waals surface area contributed by atoms with Crippen LogP contribution in [0.4, 0.5) is 13.2 Å². The summed E-state index contributed by atoms with van der Waals surface area (Å²) < 4.78 is 40.5. The van der Waals surface area contributed by atoms with E-state index in [4.69, 9.17) is 0 Å². The summed E-state index contributed by atoms with van der Waals surface area (Å²) in [5.74, 6) is -0.337. The molecular formula is C13H16F3N3O2. The van der Waals surface area contributed by atoms with Gasteiger partial charge in [0, 0.05) is 37.9 Å². The number of alkyl halides is 3. The number of hydrogen-bond acceptors (Lipinski definition) is 4. The Morgan fingerprint density at radius 3 is 2.86 bits per heavy atom. The lowest BCUT2D eigenvalue weighted by molar-refractivity contribution is -0.154. The van der Waals surface area contributed by atoms with Gasteiger partial charge in [0.05, 0.1) is 5.56 Å². The van der Waals surface area contributed by atoms with Gasteiger partial charge in [-0.15, -0.1) is 0 Å². The Morgan fingerprint density at radius 1 is 1.52 bits per heavy atom. The molecule has 1 aliphatic heterocycles. The highest BCUT2D eigenvalue weighted by Crippen LogP contribution is 2.17. The number of piperazine rings is 1. The number of halogens is 3. The van der Waals surface area contributed by atoms with Crippen molar-refractivity contribution in [3.63, 3.8) is 0 Å². The summed E-state index contributed by atoms with van der Waals surface area (Å²) in [4.78, 5) is 17.7. The first-order valence-electron chi connectivity index (χ1n) is 6.54. The van der Waals surface area contributed by atoms with Crippen LogP contribution in [0.3, 0.4) is 0 Å². The monoisotopic (exact) mass is 303 g/mol. The smallest absolute Gasteiger partial charge is 0.422 e. The van der Waals surface area contributed by atoms with Crippen LogP contribution < -0.4 is 10.1 Å².